The van der Waals surface area contributed by atoms with Crippen molar-refractivity contribution in [1.82, 2.24) is 4.57 Å². The minimum absolute atomic E-state index is 1.16. The molecule has 1 heterocycles. The van der Waals surface area contributed by atoms with Gasteiger partial charge in [-0.05, 0) is 119 Å². The van der Waals surface area contributed by atoms with E-state index in [1.807, 2.05) is 0 Å². The van der Waals surface area contributed by atoms with E-state index in [1.165, 1.54) is 109 Å². The van der Waals surface area contributed by atoms with Crippen LogP contribution in [-0.4, -0.2) is 4.57 Å². The monoisotopic (exact) mass is 747 g/mol. The van der Waals surface area contributed by atoms with Crippen LogP contribution < -0.4 is 0 Å². The van der Waals surface area contributed by atoms with Gasteiger partial charge in [0, 0.05) is 21.8 Å². The van der Waals surface area contributed by atoms with Gasteiger partial charge in [-0.2, -0.15) is 0 Å². The van der Waals surface area contributed by atoms with Crippen molar-refractivity contribution < 1.29 is 0 Å². The molecule has 0 bridgehead atoms. The topological polar surface area (TPSA) is 4.93 Å². The van der Waals surface area contributed by atoms with Crippen LogP contribution in [0.5, 0.6) is 0 Å². The van der Waals surface area contributed by atoms with Crippen molar-refractivity contribution in [3.05, 3.63) is 224 Å². The number of hydrogen-bond donors (Lipinski definition) is 0. The first-order chi connectivity index (χ1) is 29.3. The lowest BCUT2D eigenvalue weighted by molar-refractivity contribution is 1.19. The van der Waals surface area contributed by atoms with Gasteiger partial charge in [-0.15, -0.1) is 0 Å². The molecule has 1 aromatic heterocycles. The van der Waals surface area contributed by atoms with E-state index in [-0.39, 0.29) is 0 Å². The fourth-order valence-corrected chi connectivity index (χ4v) is 9.68. The molecular formula is C58H37N. The number of aromatic nitrogens is 1. The average molecular weight is 748 g/mol. The van der Waals surface area contributed by atoms with Gasteiger partial charge in [0.25, 0.3) is 0 Å². The lowest BCUT2D eigenvalue weighted by Crippen LogP contribution is -1.95. The van der Waals surface area contributed by atoms with Gasteiger partial charge in [0.15, 0.2) is 0 Å². The number of benzene rings is 11. The summed E-state index contributed by atoms with van der Waals surface area (Å²) in [4.78, 5) is 0. The highest BCUT2D eigenvalue weighted by Gasteiger charge is 2.20. The van der Waals surface area contributed by atoms with E-state index in [0.717, 1.165) is 5.69 Å². The van der Waals surface area contributed by atoms with Crippen molar-refractivity contribution in [2.75, 3.05) is 0 Å². The zero-order valence-corrected chi connectivity index (χ0v) is 32.3. The second kappa shape index (κ2) is 13.4. The summed E-state index contributed by atoms with van der Waals surface area (Å²) in [5.74, 6) is 0. The molecule has 1 heteroatoms. The molecule has 0 saturated heterocycles. The predicted octanol–water partition coefficient (Wildman–Crippen LogP) is 16.1. The molecule has 12 rings (SSSR count). The molecule has 0 aliphatic rings. The van der Waals surface area contributed by atoms with E-state index >= 15 is 0 Å². The molecule has 0 amide bonds. The Morgan fingerprint density at radius 3 is 1.42 bits per heavy atom. The van der Waals surface area contributed by atoms with Gasteiger partial charge in [0.05, 0.1) is 11.0 Å². The summed E-state index contributed by atoms with van der Waals surface area (Å²) in [6.07, 6.45) is 0. The molecule has 12 aromatic rings. The molecule has 0 fully saturated rings. The highest BCUT2D eigenvalue weighted by atomic mass is 15.0. The second-order valence-corrected chi connectivity index (χ2v) is 15.6. The van der Waals surface area contributed by atoms with E-state index < -0.39 is 0 Å². The Balaban J connectivity index is 1.11. The molecule has 59 heavy (non-hydrogen) atoms. The van der Waals surface area contributed by atoms with Crippen LogP contribution in [-0.2, 0) is 0 Å². The van der Waals surface area contributed by atoms with Crippen LogP contribution >= 0.6 is 0 Å². The molecule has 0 unspecified atom stereocenters. The maximum Gasteiger partial charge on any atom is 0.0619 e. The summed E-state index contributed by atoms with van der Waals surface area (Å²) in [7, 11) is 0. The molecule has 11 aromatic carbocycles. The highest BCUT2D eigenvalue weighted by molar-refractivity contribution is 6.23. The number of para-hydroxylation sites is 2. The van der Waals surface area contributed by atoms with E-state index in [4.69, 9.17) is 0 Å². The predicted molar refractivity (Wildman–Crippen MR) is 253 cm³/mol. The second-order valence-electron chi connectivity index (χ2n) is 15.6. The van der Waals surface area contributed by atoms with Crippen molar-refractivity contribution >= 4 is 64.9 Å². The number of rotatable bonds is 5. The first-order valence-electron chi connectivity index (χ1n) is 20.4. The van der Waals surface area contributed by atoms with Gasteiger partial charge >= 0.3 is 0 Å². The highest BCUT2D eigenvalue weighted by Crippen LogP contribution is 2.46. The summed E-state index contributed by atoms with van der Waals surface area (Å²) in [6, 6.07) is 82.6. The quantitative estimate of drug-likeness (QED) is 0.155. The number of hydrogen-bond acceptors (Lipinski definition) is 0. The summed E-state index contributed by atoms with van der Waals surface area (Å²) in [5.41, 5.74) is 13.5. The van der Waals surface area contributed by atoms with Crippen molar-refractivity contribution in [1.29, 1.82) is 0 Å². The Morgan fingerprint density at radius 1 is 0.254 bits per heavy atom. The SMILES string of the molecule is c1ccc(-c2c3ccccc3c(-c3ccc(-c4cc5c6ccccc6n(-c6ccccc6)c5c5ccc(-c6ccc7ccccc7c6)cc45)cc3)c3ccccc23)cc1. The lowest BCUT2D eigenvalue weighted by Gasteiger charge is -2.18. The Hall–Kier alpha value is -7.74. The summed E-state index contributed by atoms with van der Waals surface area (Å²) in [5, 5.41) is 12.5. The Morgan fingerprint density at radius 2 is 0.746 bits per heavy atom. The molecule has 0 saturated carbocycles. The zero-order valence-electron chi connectivity index (χ0n) is 32.3. The molecule has 0 aliphatic carbocycles. The normalized spacial score (nSPS) is 11.7. The zero-order chi connectivity index (χ0) is 38.9. The van der Waals surface area contributed by atoms with Crippen LogP contribution in [0.4, 0.5) is 0 Å². The van der Waals surface area contributed by atoms with Crippen LogP contribution in [0.2, 0.25) is 0 Å². The Labute approximate surface area is 342 Å². The van der Waals surface area contributed by atoms with Gasteiger partial charge < -0.3 is 4.57 Å². The third kappa shape index (κ3) is 5.33. The van der Waals surface area contributed by atoms with E-state index in [0.29, 0.717) is 0 Å². The molecule has 274 valence electrons. The van der Waals surface area contributed by atoms with Crippen molar-refractivity contribution in [3.8, 4) is 50.2 Å². The lowest BCUT2D eigenvalue weighted by atomic mass is 9.85. The molecule has 0 aliphatic heterocycles. The molecule has 0 radical (unpaired) electrons. The Kier molecular flexibility index (Phi) is 7.61. The van der Waals surface area contributed by atoms with Crippen molar-refractivity contribution in [2.45, 2.75) is 0 Å². The van der Waals surface area contributed by atoms with Crippen LogP contribution in [0, 0.1) is 0 Å². The maximum absolute atomic E-state index is 2.45. The van der Waals surface area contributed by atoms with Gasteiger partial charge in [-0.1, -0.05) is 188 Å². The summed E-state index contributed by atoms with van der Waals surface area (Å²) >= 11 is 0. The van der Waals surface area contributed by atoms with Crippen molar-refractivity contribution in [2.24, 2.45) is 0 Å². The van der Waals surface area contributed by atoms with Crippen LogP contribution in [0.15, 0.2) is 224 Å². The van der Waals surface area contributed by atoms with Gasteiger partial charge in [0.2, 0.25) is 0 Å². The van der Waals surface area contributed by atoms with Crippen LogP contribution in [0.3, 0.4) is 0 Å². The molecule has 0 N–H and O–H groups in total. The molecule has 0 spiro atoms. The maximum atomic E-state index is 2.45. The van der Waals surface area contributed by atoms with Gasteiger partial charge in [-0.25, -0.2) is 0 Å². The first kappa shape index (κ1) is 33.4. The van der Waals surface area contributed by atoms with Crippen LogP contribution in [0.25, 0.3) is 115 Å². The van der Waals surface area contributed by atoms with E-state index in [2.05, 4.69) is 229 Å². The Bertz CT molecular complexity index is 3520. The minimum atomic E-state index is 1.16. The molecular weight excluding hydrogens is 711 g/mol. The third-order valence-corrected chi connectivity index (χ3v) is 12.3. The van der Waals surface area contributed by atoms with Gasteiger partial charge in [-0.3, -0.25) is 0 Å². The van der Waals surface area contributed by atoms with E-state index in [1.54, 1.807) is 0 Å². The van der Waals surface area contributed by atoms with Crippen LogP contribution in [0.1, 0.15) is 0 Å². The average Bonchev–Trinajstić information content (AvgIpc) is 3.65. The fraction of sp³-hybridized carbons (Fsp3) is 0. The smallest absolute Gasteiger partial charge is 0.0619 e. The molecule has 1 nitrogen and oxygen atoms in total. The van der Waals surface area contributed by atoms with E-state index in [9.17, 15) is 0 Å². The number of fused-ring (bicyclic) bond motifs is 8. The van der Waals surface area contributed by atoms with Crippen molar-refractivity contribution in [3.63, 3.8) is 0 Å². The largest absolute Gasteiger partial charge is 0.309 e. The third-order valence-electron chi connectivity index (χ3n) is 12.3. The fourth-order valence-electron chi connectivity index (χ4n) is 9.68. The summed E-state index contributed by atoms with van der Waals surface area (Å²) < 4.78 is 2.45. The first-order valence-corrected chi connectivity index (χ1v) is 20.4. The van der Waals surface area contributed by atoms with Gasteiger partial charge in [0.1, 0.15) is 0 Å². The summed E-state index contributed by atoms with van der Waals surface area (Å²) in [6.45, 7) is 0. The standard InChI is InChI=1S/C58H37N/c1-3-16-40(17-4-1)56-47-22-9-11-24-49(47)57(50-25-12-10-23-48(50)56)41-30-28-39(29-31-41)52-37-54-46-21-13-14-26-55(46)59(45-19-5-2-6-20-45)58(54)51-34-33-44(36-53(51)52)43-32-27-38-15-7-8-18-42(38)35-43/h1-37H. The molecule has 0 atom stereocenters. The number of nitrogens with zero attached hydrogens (tertiary/aromatic N) is 1. The minimum Gasteiger partial charge on any atom is -0.309 e.